The predicted molar refractivity (Wildman–Crippen MR) is 112 cm³/mol. The number of carbonyl (C=O) groups excluding carboxylic acids is 1. The lowest BCUT2D eigenvalue weighted by Gasteiger charge is -2.34. The molecule has 0 saturated carbocycles. The number of carbonyl (C=O) groups is 1. The summed E-state index contributed by atoms with van der Waals surface area (Å²) >= 11 is 0. The minimum atomic E-state index is -0.135. The molecule has 1 amide bonds. The molecule has 1 heterocycles. The van der Waals surface area contributed by atoms with Crippen LogP contribution in [-0.2, 0) is 0 Å². The average molecular weight is 354 g/mol. The Balaban J connectivity index is 1.79. The van der Waals surface area contributed by atoms with Crippen LogP contribution in [0.1, 0.15) is 27.5 Å². The Kier molecular flexibility index (Phi) is 4.51. The summed E-state index contributed by atoms with van der Waals surface area (Å²) in [5.41, 5.74) is 4.92. The van der Waals surface area contributed by atoms with Crippen LogP contribution in [0, 0.1) is 0 Å². The van der Waals surface area contributed by atoms with Crippen molar-refractivity contribution in [1.82, 2.24) is 0 Å². The molecule has 0 bridgehead atoms. The monoisotopic (exact) mass is 354 g/mol. The van der Waals surface area contributed by atoms with Crippen molar-refractivity contribution in [2.24, 2.45) is 0 Å². The van der Waals surface area contributed by atoms with Crippen LogP contribution in [0.5, 0.6) is 0 Å². The van der Waals surface area contributed by atoms with Crippen molar-refractivity contribution in [3.63, 3.8) is 0 Å². The van der Waals surface area contributed by atoms with Gasteiger partial charge in [-0.3, -0.25) is 9.69 Å². The van der Waals surface area contributed by atoms with Crippen molar-refractivity contribution in [2.75, 3.05) is 23.9 Å². The maximum absolute atomic E-state index is 13.4. The van der Waals surface area contributed by atoms with Crippen molar-refractivity contribution in [3.8, 4) is 0 Å². The summed E-state index contributed by atoms with van der Waals surface area (Å²) < 4.78 is 0. The molecule has 3 aromatic carbocycles. The maximum Gasteiger partial charge on any atom is 0.259 e. The molecule has 1 aliphatic rings. The molecule has 1 atom stereocenters. The van der Waals surface area contributed by atoms with Gasteiger partial charge in [-0.05, 0) is 41.5 Å². The third kappa shape index (κ3) is 3.24. The standard InChI is InChI=1S/C24H22N2O/c1-25(2)21-15-12-19(13-16-21)23-17-14-18-8-6-7-11-22(18)26(23)24(27)20-9-4-3-5-10-20/h3-17,23H,1-2H3/t23-/m0/s1. The Bertz CT molecular complexity index is 975. The van der Waals surface area contributed by atoms with Gasteiger partial charge in [0.1, 0.15) is 0 Å². The van der Waals surface area contributed by atoms with Crippen LogP contribution in [0.2, 0.25) is 0 Å². The number of para-hydroxylation sites is 1. The highest BCUT2D eigenvalue weighted by Gasteiger charge is 2.29. The highest BCUT2D eigenvalue weighted by molar-refractivity contribution is 6.08. The summed E-state index contributed by atoms with van der Waals surface area (Å²) in [5, 5.41) is 0. The maximum atomic E-state index is 13.4. The molecule has 0 fully saturated rings. The zero-order valence-corrected chi connectivity index (χ0v) is 15.5. The van der Waals surface area contributed by atoms with Gasteiger partial charge in [-0.15, -0.1) is 0 Å². The van der Waals surface area contributed by atoms with E-state index >= 15 is 0 Å². The molecule has 3 heteroatoms. The van der Waals surface area contributed by atoms with Crippen molar-refractivity contribution in [1.29, 1.82) is 0 Å². The van der Waals surface area contributed by atoms with Crippen LogP contribution in [-0.4, -0.2) is 20.0 Å². The normalized spacial score (nSPS) is 15.3. The Hall–Kier alpha value is -3.33. The van der Waals surface area contributed by atoms with Crippen LogP contribution >= 0.6 is 0 Å². The molecule has 0 radical (unpaired) electrons. The molecular formula is C24H22N2O. The van der Waals surface area contributed by atoms with Gasteiger partial charge in [0, 0.05) is 25.3 Å². The number of hydrogen-bond donors (Lipinski definition) is 0. The molecule has 0 N–H and O–H groups in total. The minimum Gasteiger partial charge on any atom is -0.378 e. The number of rotatable bonds is 3. The van der Waals surface area contributed by atoms with E-state index in [1.807, 2.05) is 73.6 Å². The lowest BCUT2D eigenvalue weighted by atomic mass is 9.96. The van der Waals surface area contributed by atoms with E-state index in [1.165, 1.54) is 0 Å². The van der Waals surface area contributed by atoms with Crippen LogP contribution in [0.3, 0.4) is 0 Å². The molecule has 0 spiro atoms. The first kappa shape index (κ1) is 17.1. The second-order valence-corrected chi connectivity index (χ2v) is 6.89. The van der Waals surface area contributed by atoms with Gasteiger partial charge in [0.05, 0.1) is 11.7 Å². The van der Waals surface area contributed by atoms with Crippen molar-refractivity contribution < 1.29 is 4.79 Å². The average Bonchev–Trinajstić information content (AvgIpc) is 2.73. The van der Waals surface area contributed by atoms with Gasteiger partial charge in [-0.2, -0.15) is 0 Å². The number of benzene rings is 3. The molecule has 0 aliphatic carbocycles. The Morgan fingerprint density at radius 2 is 1.52 bits per heavy atom. The van der Waals surface area contributed by atoms with E-state index in [4.69, 9.17) is 0 Å². The molecule has 0 unspecified atom stereocenters. The first-order chi connectivity index (χ1) is 13.1. The summed E-state index contributed by atoms with van der Waals surface area (Å²) in [7, 11) is 4.05. The number of hydrogen-bond acceptors (Lipinski definition) is 2. The second-order valence-electron chi connectivity index (χ2n) is 6.89. The van der Waals surface area contributed by atoms with E-state index < -0.39 is 0 Å². The second kappa shape index (κ2) is 7.12. The van der Waals surface area contributed by atoms with Gasteiger partial charge in [-0.1, -0.05) is 60.7 Å². The van der Waals surface area contributed by atoms with Gasteiger partial charge in [0.25, 0.3) is 5.91 Å². The van der Waals surface area contributed by atoms with E-state index in [0.717, 1.165) is 22.5 Å². The van der Waals surface area contributed by atoms with Crippen molar-refractivity contribution in [3.05, 3.63) is 102 Å². The molecule has 3 nitrogen and oxygen atoms in total. The summed E-state index contributed by atoms with van der Waals surface area (Å²) in [6, 6.07) is 25.8. The highest BCUT2D eigenvalue weighted by Crippen LogP contribution is 2.37. The van der Waals surface area contributed by atoms with Crippen LogP contribution in [0.4, 0.5) is 11.4 Å². The summed E-state index contributed by atoms with van der Waals surface area (Å²) in [6.45, 7) is 0. The number of fused-ring (bicyclic) bond motifs is 1. The highest BCUT2D eigenvalue weighted by atomic mass is 16.2. The third-order valence-corrected chi connectivity index (χ3v) is 4.92. The number of amides is 1. The predicted octanol–water partition coefficient (Wildman–Crippen LogP) is 5.17. The first-order valence-electron chi connectivity index (χ1n) is 9.08. The van der Waals surface area contributed by atoms with Gasteiger partial charge in [-0.25, -0.2) is 0 Å². The lowest BCUT2D eigenvalue weighted by Crippen LogP contribution is -2.36. The van der Waals surface area contributed by atoms with E-state index in [1.54, 1.807) is 0 Å². The zero-order chi connectivity index (χ0) is 18.8. The van der Waals surface area contributed by atoms with E-state index in [2.05, 4.69) is 41.3 Å². The molecule has 27 heavy (non-hydrogen) atoms. The molecule has 0 saturated heterocycles. The number of nitrogens with zero attached hydrogens (tertiary/aromatic N) is 2. The first-order valence-corrected chi connectivity index (χ1v) is 9.08. The van der Waals surface area contributed by atoms with Crippen LogP contribution in [0.15, 0.2) is 84.9 Å². The van der Waals surface area contributed by atoms with Gasteiger partial charge in [0.15, 0.2) is 0 Å². The topological polar surface area (TPSA) is 23.6 Å². The van der Waals surface area contributed by atoms with Gasteiger partial charge < -0.3 is 4.90 Å². The summed E-state index contributed by atoms with van der Waals surface area (Å²) in [4.78, 5) is 17.4. The fourth-order valence-corrected chi connectivity index (χ4v) is 3.46. The Labute approximate surface area is 160 Å². The third-order valence-electron chi connectivity index (χ3n) is 4.92. The molecule has 4 rings (SSSR count). The lowest BCUT2D eigenvalue weighted by molar-refractivity contribution is 0.0980. The fourth-order valence-electron chi connectivity index (χ4n) is 3.46. The minimum absolute atomic E-state index is 0.00841. The molecule has 134 valence electrons. The van der Waals surface area contributed by atoms with Crippen molar-refractivity contribution >= 4 is 23.4 Å². The largest absolute Gasteiger partial charge is 0.378 e. The summed E-state index contributed by atoms with van der Waals surface area (Å²) in [5.74, 6) is 0.00841. The van der Waals surface area contributed by atoms with Crippen LogP contribution < -0.4 is 9.80 Å². The molecule has 1 aliphatic heterocycles. The molecule has 3 aromatic rings. The van der Waals surface area contributed by atoms with Gasteiger partial charge >= 0.3 is 0 Å². The fraction of sp³-hybridized carbons (Fsp3) is 0.125. The quantitative estimate of drug-likeness (QED) is 0.648. The zero-order valence-electron chi connectivity index (χ0n) is 15.5. The Morgan fingerprint density at radius 3 is 2.22 bits per heavy atom. The molecule has 0 aromatic heterocycles. The Morgan fingerprint density at radius 1 is 0.852 bits per heavy atom. The number of anilines is 2. The SMILES string of the molecule is CN(C)c1ccc([C@@H]2C=Cc3ccccc3N2C(=O)c2ccccc2)cc1. The summed E-state index contributed by atoms with van der Waals surface area (Å²) in [6.07, 6.45) is 4.21. The smallest absolute Gasteiger partial charge is 0.259 e. The molecular weight excluding hydrogens is 332 g/mol. The van der Waals surface area contributed by atoms with E-state index in [9.17, 15) is 4.79 Å². The van der Waals surface area contributed by atoms with E-state index in [-0.39, 0.29) is 11.9 Å². The van der Waals surface area contributed by atoms with Gasteiger partial charge in [0.2, 0.25) is 0 Å². The van der Waals surface area contributed by atoms with Crippen molar-refractivity contribution in [2.45, 2.75) is 6.04 Å². The van der Waals surface area contributed by atoms with E-state index in [0.29, 0.717) is 5.56 Å². The van der Waals surface area contributed by atoms with Crippen LogP contribution in [0.25, 0.3) is 6.08 Å².